The predicted octanol–water partition coefficient (Wildman–Crippen LogP) is 4.33. The summed E-state index contributed by atoms with van der Waals surface area (Å²) in [7, 11) is 1.81. The highest BCUT2D eigenvalue weighted by atomic mass is 16.5. The van der Waals surface area contributed by atoms with Crippen LogP contribution in [0.4, 0.5) is 5.69 Å². The topological polar surface area (TPSA) is 56.6 Å². The number of allylic oxidation sites excluding steroid dienone is 2. The third-order valence-electron chi connectivity index (χ3n) is 4.85. The van der Waals surface area contributed by atoms with Gasteiger partial charge in [-0.25, -0.2) is 4.79 Å². The first-order chi connectivity index (χ1) is 13.0. The van der Waals surface area contributed by atoms with Gasteiger partial charge < -0.3 is 14.5 Å². The van der Waals surface area contributed by atoms with Crippen LogP contribution in [-0.4, -0.2) is 37.6 Å². The molecule has 0 N–H and O–H groups in total. The molecule has 1 aromatic carbocycles. The molecule has 0 radical (unpaired) electrons. The van der Waals surface area contributed by atoms with Crippen molar-refractivity contribution in [2.45, 2.75) is 40.0 Å². The van der Waals surface area contributed by atoms with E-state index >= 15 is 0 Å². The molecule has 1 heterocycles. The zero-order valence-electron chi connectivity index (χ0n) is 16.8. The fourth-order valence-electron chi connectivity index (χ4n) is 3.38. The first kappa shape index (κ1) is 20.6. The van der Waals surface area contributed by atoms with Crippen molar-refractivity contribution in [2.24, 2.45) is 0 Å². The van der Waals surface area contributed by atoms with Crippen LogP contribution in [0.2, 0.25) is 0 Å². The summed E-state index contributed by atoms with van der Waals surface area (Å²) in [4.78, 5) is 16.7. The minimum Gasteiger partial charge on any atom is -0.461 e. The maximum atomic E-state index is 12.6. The normalized spacial score (nSPS) is 15.2. The summed E-state index contributed by atoms with van der Waals surface area (Å²) in [6.45, 7) is 8.04. The van der Waals surface area contributed by atoms with Crippen molar-refractivity contribution in [2.75, 3.05) is 31.6 Å². The van der Waals surface area contributed by atoms with Crippen LogP contribution in [0.1, 0.15) is 45.6 Å². The monoisotopic (exact) mass is 367 g/mol. The largest absolute Gasteiger partial charge is 0.461 e. The van der Waals surface area contributed by atoms with Crippen LogP contribution in [-0.2, 0) is 9.53 Å². The summed E-state index contributed by atoms with van der Waals surface area (Å²) < 4.78 is 5.25. The third kappa shape index (κ3) is 5.13. The first-order valence-corrected chi connectivity index (χ1v) is 9.59. The zero-order valence-corrected chi connectivity index (χ0v) is 16.8. The Morgan fingerprint density at radius 2 is 1.89 bits per heavy atom. The molecule has 1 fully saturated rings. The van der Waals surface area contributed by atoms with Crippen LogP contribution in [0.25, 0.3) is 6.08 Å². The minimum atomic E-state index is -0.389. The molecule has 0 aromatic heterocycles. The van der Waals surface area contributed by atoms with Crippen LogP contribution in [0, 0.1) is 11.3 Å². The van der Waals surface area contributed by atoms with Crippen LogP contribution in [0.3, 0.4) is 0 Å². The van der Waals surface area contributed by atoms with E-state index in [4.69, 9.17) is 4.74 Å². The standard InChI is InChI=1S/C22H29N3O2/c1-5-20(17(3)16-23)24(4)21(22(26)27-6-2)15-18-9-11-19(12-10-18)25-13-7-8-14-25/h9-12,15H,5-8,13-14H2,1-4H3/b20-17+,21-15+. The highest BCUT2D eigenvalue weighted by Gasteiger charge is 2.20. The Balaban J connectivity index is 2.35. The van der Waals surface area contributed by atoms with Gasteiger partial charge in [0.05, 0.1) is 12.7 Å². The second-order valence-corrected chi connectivity index (χ2v) is 6.63. The van der Waals surface area contributed by atoms with Gasteiger partial charge in [0.1, 0.15) is 5.70 Å². The molecule has 0 atom stereocenters. The van der Waals surface area contributed by atoms with Gasteiger partial charge in [0, 0.05) is 37.1 Å². The number of nitrogens with zero attached hydrogens (tertiary/aromatic N) is 3. The zero-order chi connectivity index (χ0) is 19.8. The number of carbonyl (C=O) groups is 1. The number of hydrogen-bond acceptors (Lipinski definition) is 5. The molecule has 5 heteroatoms. The molecule has 27 heavy (non-hydrogen) atoms. The molecule has 1 aromatic rings. The summed E-state index contributed by atoms with van der Waals surface area (Å²) >= 11 is 0. The number of ether oxygens (including phenoxy) is 1. The van der Waals surface area contributed by atoms with Crippen molar-refractivity contribution in [3.05, 3.63) is 46.8 Å². The lowest BCUT2D eigenvalue weighted by Crippen LogP contribution is -2.25. The van der Waals surface area contributed by atoms with E-state index in [0.717, 1.165) is 24.4 Å². The number of anilines is 1. The number of benzene rings is 1. The van der Waals surface area contributed by atoms with E-state index in [1.807, 2.05) is 25.1 Å². The van der Waals surface area contributed by atoms with Crippen LogP contribution >= 0.6 is 0 Å². The van der Waals surface area contributed by atoms with E-state index in [-0.39, 0.29) is 5.97 Å². The predicted molar refractivity (Wildman–Crippen MR) is 109 cm³/mol. The molecular formula is C22H29N3O2. The molecular weight excluding hydrogens is 338 g/mol. The Morgan fingerprint density at radius 1 is 1.26 bits per heavy atom. The molecule has 1 aliphatic rings. The molecule has 0 amide bonds. The lowest BCUT2D eigenvalue weighted by molar-refractivity contribution is -0.139. The number of esters is 1. The molecule has 0 aliphatic carbocycles. The Kier molecular flexibility index (Phi) is 7.48. The van der Waals surface area contributed by atoms with Gasteiger partial charge in [-0.1, -0.05) is 19.1 Å². The van der Waals surface area contributed by atoms with Gasteiger partial charge >= 0.3 is 5.97 Å². The molecule has 1 saturated heterocycles. The van der Waals surface area contributed by atoms with E-state index in [9.17, 15) is 10.1 Å². The van der Waals surface area contributed by atoms with Crippen LogP contribution < -0.4 is 4.90 Å². The lowest BCUT2D eigenvalue weighted by Gasteiger charge is -2.24. The van der Waals surface area contributed by atoms with Gasteiger partial charge in [-0.15, -0.1) is 0 Å². The quantitative estimate of drug-likeness (QED) is 0.408. The van der Waals surface area contributed by atoms with Crippen LogP contribution in [0.15, 0.2) is 41.2 Å². The number of likely N-dealkylation sites (N-methyl/N-ethyl adjacent to an activating group) is 1. The lowest BCUT2D eigenvalue weighted by atomic mass is 10.1. The molecule has 5 nitrogen and oxygen atoms in total. The van der Waals surface area contributed by atoms with E-state index < -0.39 is 0 Å². The van der Waals surface area contributed by atoms with Crippen molar-refractivity contribution >= 4 is 17.7 Å². The van der Waals surface area contributed by atoms with E-state index in [0.29, 0.717) is 24.3 Å². The van der Waals surface area contributed by atoms with Gasteiger partial charge in [0.25, 0.3) is 0 Å². The number of carbonyl (C=O) groups excluding carboxylic acids is 1. The second-order valence-electron chi connectivity index (χ2n) is 6.63. The number of nitriles is 1. The molecule has 0 unspecified atom stereocenters. The molecule has 1 aliphatic heterocycles. The van der Waals surface area contributed by atoms with Gasteiger partial charge in [0.15, 0.2) is 0 Å². The average molecular weight is 367 g/mol. The van der Waals surface area contributed by atoms with E-state index in [1.165, 1.54) is 18.5 Å². The molecule has 0 spiro atoms. The van der Waals surface area contributed by atoms with E-state index in [1.54, 1.807) is 25.8 Å². The summed E-state index contributed by atoms with van der Waals surface area (Å²) in [5.74, 6) is -0.389. The Hall–Kier alpha value is -2.74. The maximum Gasteiger partial charge on any atom is 0.354 e. The Morgan fingerprint density at radius 3 is 2.41 bits per heavy atom. The molecule has 0 bridgehead atoms. The summed E-state index contributed by atoms with van der Waals surface area (Å²) in [6, 6.07) is 10.4. The minimum absolute atomic E-state index is 0.306. The highest BCUT2D eigenvalue weighted by molar-refractivity contribution is 5.93. The SMILES string of the molecule is CCOC(=O)/C(=C\c1ccc(N2CCCC2)cc1)N(C)/C(CC)=C(\C)C#N. The van der Waals surface area contributed by atoms with E-state index in [2.05, 4.69) is 23.1 Å². The fourth-order valence-corrected chi connectivity index (χ4v) is 3.38. The Labute approximate surface area is 162 Å². The summed E-state index contributed by atoms with van der Waals surface area (Å²) in [6.07, 6.45) is 4.96. The number of rotatable bonds is 7. The van der Waals surface area contributed by atoms with Gasteiger partial charge in [0.2, 0.25) is 0 Å². The van der Waals surface area contributed by atoms with Crippen molar-refractivity contribution in [3.63, 3.8) is 0 Å². The fraction of sp³-hybridized carbons (Fsp3) is 0.455. The van der Waals surface area contributed by atoms with Gasteiger partial charge in [-0.3, -0.25) is 0 Å². The van der Waals surface area contributed by atoms with Gasteiger partial charge in [-0.2, -0.15) is 5.26 Å². The maximum absolute atomic E-state index is 12.6. The summed E-state index contributed by atoms with van der Waals surface area (Å²) in [5.41, 5.74) is 3.98. The summed E-state index contributed by atoms with van der Waals surface area (Å²) in [5, 5.41) is 9.26. The smallest absolute Gasteiger partial charge is 0.354 e. The molecule has 144 valence electrons. The highest BCUT2D eigenvalue weighted by Crippen LogP contribution is 2.24. The van der Waals surface area contributed by atoms with Crippen molar-refractivity contribution in [3.8, 4) is 6.07 Å². The van der Waals surface area contributed by atoms with Gasteiger partial charge in [-0.05, 0) is 56.9 Å². The first-order valence-electron chi connectivity index (χ1n) is 9.59. The molecule has 2 rings (SSSR count). The van der Waals surface area contributed by atoms with Crippen LogP contribution in [0.5, 0.6) is 0 Å². The van der Waals surface area contributed by atoms with Crippen molar-refractivity contribution in [1.29, 1.82) is 5.26 Å². The molecule has 0 saturated carbocycles. The van der Waals surface area contributed by atoms with Crippen molar-refractivity contribution < 1.29 is 9.53 Å². The Bertz CT molecular complexity index is 751. The third-order valence-corrected chi connectivity index (χ3v) is 4.85. The number of hydrogen-bond donors (Lipinski definition) is 0. The second kappa shape index (κ2) is 9.82. The van der Waals surface area contributed by atoms with Crippen molar-refractivity contribution in [1.82, 2.24) is 4.90 Å². The average Bonchev–Trinajstić information content (AvgIpc) is 3.21.